The van der Waals surface area contributed by atoms with Crippen molar-refractivity contribution in [3.63, 3.8) is 0 Å². The number of anilines is 1. The SMILES string of the molecule is O=C1Nc2ccc(Cl)cc2C(c2ccc(O)cc2)=NC1CCCc1ccccc1Cl. The van der Waals surface area contributed by atoms with Gasteiger partial charge in [-0.25, -0.2) is 0 Å². The van der Waals surface area contributed by atoms with E-state index in [9.17, 15) is 9.90 Å². The molecule has 1 heterocycles. The van der Waals surface area contributed by atoms with Crippen LogP contribution < -0.4 is 5.32 Å². The summed E-state index contributed by atoms with van der Waals surface area (Å²) in [6, 6.07) is 19.3. The van der Waals surface area contributed by atoms with Gasteiger partial charge in [0.1, 0.15) is 11.8 Å². The fourth-order valence-corrected chi connectivity index (χ4v) is 3.96. The van der Waals surface area contributed by atoms with E-state index in [1.807, 2.05) is 24.3 Å². The van der Waals surface area contributed by atoms with Crippen LogP contribution >= 0.6 is 23.2 Å². The summed E-state index contributed by atoms with van der Waals surface area (Å²) in [6.45, 7) is 0. The number of nitrogens with zero attached hydrogens (tertiary/aromatic N) is 1. The summed E-state index contributed by atoms with van der Waals surface area (Å²) in [7, 11) is 0. The Bertz CT molecular complexity index is 1110. The number of fused-ring (bicyclic) bond motifs is 1. The molecule has 30 heavy (non-hydrogen) atoms. The second kappa shape index (κ2) is 8.90. The normalized spacial score (nSPS) is 15.7. The van der Waals surface area contributed by atoms with Crippen LogP contribution in [-0.2, 0) is 11.2 Å². The molecule has 1 unspecified atom stereocenters. The van der Waals surface area contributed by atoms with Crippen LogP contribution in [0.1, 0.15) is 29.5 Å². The number of phenolic OH excluding ortho intramolecular Hbond substituents is 1. The van der Waals surface area contributed by atoms with Crippen molar-refractivity contribution < 1.29 is 9.90 Å². The van der Waals surface area contributed by atoms with Gasteiger partial charge in [-0.1, -0.05) is 41.4 Å². The maximum Gasteiger partial charge on any atom is 0.249 e. The minimum Gasteiger partial charge on any atom is -0.508 e. The molecule has 1 amide bonds. The Balaban J connectivity index is 1.65. The number of halogens is 2. The zero-order chi connectivity index (χ0) is 21.1. The maximum atomic E-state index is 12.9. The number of carbonyl (C=O) groups excluding carboxylic acids is 1. The molecule has 0 radical (unpaired) electrons. The maximum absolute atomic E-state index is 12.9. The minimum absolute atomic E-state index is 0.147. The highest BCUT2D eigenvalue weighted by Gasteiger charge is 2.26. The summed E-state index contributed by atoms with van der Waals surface area (Å²) in [5.41, 5.74) is 3.98. The lowest BCUT2D eigenvalue weighted by atomic mass is 10.00. The van der Waals surface area contributed by atoms with Gasteiger partial charge in [0.05, 0.1) is 11.4 Å². The number of carbonyl (C=O) groups is 1. The standard InChI is InChI=1S/C24H20Cl2N2O2/c25-17-10-13-21-19(14-17)23(16-8-11-18(29)12-9-16)27-22(24(30)28-21)7-3-5-15-4-1-2-6-20(15)26/h1-2,4,6,8-14,22,29H,3,5,7H2,(H,28,30). The number of benzodiazepines with no additional fused rings is 1. The molecule has 1 atom stereocenters. The molecule has 1 aliphatic rings. The van der Waals surface area contributed by atoms with Gasteiger partial charge in [0, 0.05) is 21.2 Å². The number of hydrogen-bond acceptors (Lipinski definition) is 3. The van der Waals surface area contributed by atoms with Gasteiger partial charge >= 0.3 is 0 Å². The molecule has 0 saturated carbocycles. The van der Waals surface area contributed by atoms with E-state index in [0.29, 0.717) is 22.8 Å². The number of nitrogens with one attached hydrogen (secondary N) is 1. The smallest absolute Gasteiger partial charge is 0.249 e. The Morgan fingerprint density at radius 1 is 1.00 bits per heavy atom. The number of hydrogen-bond donors (Lipinski definition) is 2. The monoisotopic (exact) mass is 438 g/mol. The molecule has 0 spiro atoms. The van der Waals surface area contributed by atoms with E-state index in [1.165, 1.54) is 0 Å². The molecule has 152 valence electrons. The van der Waals surface area contributed by atoms with Crippen LogP contribution in [0.2, 0.25) is 10.0 Å². The molecular weight excluding hydrogens is 419 g/mol. The number of rotatable bonds is 5. The largest absolute Gasteiger partial charge is 0.508 e. The van der Waals surface area contributed by atoms with Gasteiger partial charge in [-0.3, -0.25) is 9.79 Å². The molecule has 6 heteroatoms. The summed E-state index contributed by atoms with van der Waals surface area (Å²) in [6.07, 6.45) is 2.12. The molecule has 0 fully saturated rings. The molecule has 4 rings (SSSR count). The Hall–Kier alpha value is -2.82. The second-order valence-corrected chi connectivity index (χ2v) is 8.05. The number of benzene rings is 3. The molecule has 3 aromatic carbocycles. The minimum atomic E-state index is -0.539. The van der Waals surface area contributed by atoms with Crippen LogP contribution in [0.15, 0.2) is 71.7 Å². The van der Waals surface area contributed by atoms with Crippen LogP contribution in [0.5, 0.6) is 5.75 Å². The fourth-order valence-electron chi connectivity index (χ4n) is 3.55. The lowest BCUT2D eigenvalue weighted by Crippen LogP contribution is -2.25. The quantitative estimate of drug-likeness (QED) is 0.522. The fraction of sp³-hybridized carbons (Fsp3) is 0.167. The third-order valence-corrected chi connectivity index (χ3v) is 5.71. The molecule has 0 aliphatic carbocycles. The number of aryl methyl sites for hydroxylation is 1. The predicted octanol–water partition coefficient (Wildman–Crippen LogP) is 5.88. The molecule has 4 nitrogen and oxygen atoms in total. The molecular formula is C24H20Cl2N2O2. The first-order valence-corrected chi connectivity index (χ1v) is 10.5. The van der Waals surface area contributed by atoms with Gasteiger partial charge in [0.25, 0.3) is 0 Å². The van der Waals surface area contributed by atoms with Crippen LogP contribution in [0.4, 0.5) is 5.69 Å². The molecule has 0 aromatic heterocycles. The topological polar surface area (TPSA) is 61.7 Å². The van der Waals surface area contributed by atoms with Gasteiger partial charge < -0.3 is 10.4 Å². The van der Waals surface area contributed by atoms with Crippen molar-refractivity contribution in [1.82, 2.24) is 0 Å². The Morgan fingerprint density at radius 3 is 2.53 bits per heavy atom. The van der Waals surface area contributed by atoms with Gasteiger partial charge in [-0.15, -0.1) is 0 Å². The van der Waals surface area contributed by atoms with E-state index < -0.39 is 6.04 Å². The third kappa shape index (κ3) is 4.50. The van der Waals surface area contributed by atoms with Crippen LogP contribution in [0.3, 0.4) is 0 Å². The van der Waals surface area contributed by atoms with E-state index >= 15 is 0 Å². The lowest BCUT2D eigenvalue weighted by molar-refractivity contribution is -0.117. The summed E-state index contributed by atoms with van der Waals surface area (Å²) in [4.78, 5) is 17.7. The van der Waals surface area contributed by atoms with E-state index in [1.54, 1.807) is 42.5 Å². The van der Waals surface area contributed by atoms with Crippen LogP contribution in [-0.4, -0.2) is 22.8 Å². The van der Waals surface area contributed by atoms with Crippen molar-refractivity contribution in [2.75, 3.05) is 5.32 Å². The lowest BCUT2D eigenvalue weighted by Gasteiger charge is -2.11. The average molecular weight is 439 g/mol. The average Bonchev–Trinajstić information content (AvgIpc) is 2.86. The third-order valence-electron chi connectivity index (χ3n) is 5.10. The molecule has 3 aromatic rings. The zero-order valence-corrected chi connectivity index (χ0v) is 17.6. The van der Waals surface area contributed by atoms with Crippen molar-refractivity contribution in [1.29, 1.82) is 0 Å². The second-order valence-electron chi connectivity index (χ2n) is 7.20. The van der Waals surface area contributed by atoms with E-state index in [2.05, 4.69) is 5.32 Å². The summed E-state index contributed by atoms with van der Waals surface area (Å²) in [5, 5.41) is 13.9. The first-order chi connectivity index (χ1) is 14.5. The Morgan fingerprint density at radius 2 is 1.77 bits per heavy atom. The van der Waals surface area contributed by atoms with E-state index in [4.69, 9.17) is 28.2 Å². The van der Waals surface area contributed by atoms with E-state index in [0.717, 1.165) is 34.6 Å². The van der Waals surface area contributed by atoms with Crippen molar-refractivity contribution in [2.24, 2.45) is 4.99 Å². The first-order valence-electron chi connectivity index (χ1n) is 9.72. The van der Waals surface area contributed by atoms with Crippen molar-refractivity contribution in [3.8, 4) is 5.75 Å². The van der Waals surface area contributed by atoms with Gasteiger partial charge in [-0.2, -0.15) is 0 Å². The summed E-state index contributed by atoms with van der Waals surface area (Å²) in [5.74, 6) is 0.0243. The molecule has 2 N–H and O–H groups in total. The van der Waals surface area contributed by atoms with Gasteiger partial charge in [-0.05, 0) is 73.4 Å². The number of phenols is 1. The van der Waals surface area contributed by atoms with Crippen LogP contribution in [0.25, 0.3) is 0 Å². The molecule has 0 saturated heterocycles. The van der Waals surface area contributed by atoms with Gasteiger partial charge in [0.2, 0.25) is 5.91 Å². The number of aliphatic imine (C=N–C) groups is 1. The van der Waals surface area contributed by atoms with Crippen molar-refractivity contribution in [2.45, 2.75) is 25.3 Å². The summed E-state index contributed by atoms with van der Waals surface area (Å²) < 4.78 is 0. The Labute approximate surface area is 185 Å². The van der Waals surface area contributed by atoms with E-state index in [-0.39, 0.29) is 11.7 Å². The van der Waals surface area contributed by atoms with Crippen molar-refractivity contribution >= 4 is 40.5 Å². The predicted molar refractivity (Wildman–Crippen MR) is 122 cm³/mol. The van der Waals surface area contributed by atoms with Crippen LogP contribution in [0, 0.1) is 0 Å². The Kier molecular flexibility index (Phi) is 6.07. The highest BCUT2D eigenvalue weighted by Crippen LogP contribution is 2.29. The first kappa shape index (κ1) is 20.5. The highest BCUT2D eigenvalue weighted by molar-refractivity contribution is 6.32. The zero-order valence-electron chi connectivity index (χ0n) is 16.1. The highest BCUT2D eigenvalue weighted by atomic mass is 35.5. The number of aromatic hydroxyl groups is 1. The molecule has 1 aliphatic heterocycles. The number of amides is 1. The van der Waals surface area contributed by atoms with Gasteiger partial charge in [0.15, 0.2) is 0 Å². The summed E-state index contributed by atoms with van der Waals surface area (Å²) >= 11 is 12.5. The molecule has 0 bridgehead atoms. The van der Waals surface area contributed by atoms with Crippen molar-refractivity contribution in [3.05, 3.63) is 93.5 Å².